The lowest BCUT2D eigenvalue weighted by molar-refractivity contribution is -0.126. The molecule has 0 unspecified atom stereocenters. The second-order valence-corrected chi connectivity index (χ2v) is 4.66. The summed E-state index contributed by atoms with van der Waals surface area (Å²) in [5, 5.41) is 10.9. The van der Waals surface area contributed by atoms with Gasteiger partial charge in [-0.15, -0.1) is 11.3 Å². The number of hydrogen-bond donors (Lipinski definition) is 0. The molecule has 0 amide bonds. The third-order valence-electron chi connectivity index (χ3n) is 2.76. The van der Waals surface area contributed by atoms with Gasteiger partial charge in [0.2, 0.25) is 0 Å². The Labute approximate surface area is 96.4 Å². The Bertz CT molecular complexity index is 490. The maximum absolute atomic E-state index is 11.5. The number of hydrogen-bond acceptors (Lipinski definition) is 5. The molecule has 16 heavy (non-hydrogen) atoms. The van der Waals surface area contributed by atoms with Crippen LogP contribution < -0.4 is 0 Å². The van der Waals surface area contributed by atoms with E-state index in [0.717, 1.165) is 0 Å². The molecular formula is C11H9NO3S. The van der Waals surface area contributed by atoms with Gasteiger partial charge in [0.15, 0.2) is 0 Å². The van der Waals surface area contributed by atoms with E-state index in [-0.39, 0.29) is 18.6 Å². The van der Waals surface area contributed by atoms with Crippen molar-refractivity contribution in [3.05, 3.63) is 21.9 Å². The lowest BCUT2D eigenvalue weighted by Gasteiger charge is -2.33. The quantitative estimate of drug-likeness (QED) is 0.731. The van der Waals surface area contributed by atoms with Crippen molar-refractivity contribution in [3.63, 3.8) is 0 Å². The Morgan fingerprint density at radius 3 is 2.81 bits per heavy atom. The second kappa shape index (κ2) is 3.72. The minimum Gasteiger partial charge on any atom is -0.465 e. The van der Waals surface area contributed by atoms with Crippen LogP contribution in [0.2, 0.25) is 0 Å². The van der Waals surface area contributed by atoms with Gasteiger partial charge in [-0.1, -0.05) is 0 Å². The average Bonchev–Trinajstić information content (AvgIpc) is 2.72. The Hall–Kier alpha value is -1.67. The highest BCUT2D eigenvalue weighted by molar-refractivity contribution is 7.12. The van der Waals surface area contributed by atoms with Gasteiger partial charge in [-0.05, 0) is 17.0 Å². The molecule has 5 heteroatoms. The van der Waals surface area contributed by atoms with E-state index < -0.39 is 11.4 Å². The zero-order chi connectivity index (χ0) is 11.8. The standard InChI is InChI=1S/C11H9NO3S/c1-15-10(14)9-8(2-3-16-9)11(6-12)4-7(13)5-11/h2-3H,4-5H2,1H3. The van der Waals surface area contributed by atoms with Gasteiger partial charge in [0.05, 0.1) is 18.6 Å². The topological polar surface area (TPSA) is 67.2 Å². The molecule has 82 valence electrons. The van der Waals surface area contributed by atoms with Crippen molar-refractivity contribution in [1.29, 1.82) is 5.26 Å². The summed E-state index contributed by atoms with van der Waals surface area (Å²) in [6.07, 6.45) is 0.397. The van der Waals surface area contributed by atoms with Crippen LogP contribution in [0.15, 0.2) is 11.4 Å². The van der Waals surface area contributed by atoms with Crippen LogP contribution in [0.1, 0.15) is 28.1 Å². The molecule has 0 bridgehead atoms. The summed E-state index contributed by atoms with van der Waals surface area (Å²) in [4.78, 5) is 23.0. The Kier molecular flexibility index (Phi) is 2.52. The molecule has 0 radical (unpaired) electrons. The van der Waals surface area contributed by atoms with Gasteiger partial charge >= 0.3 is 5.97 Å². The molecule has 0 saturated heterocycles. The van der Waals surface area contributed by atoms with Gasteiger partial charge in [-0.3, -0.25) is 4.79 Å². The fourth-order valence-electron chi connectivity index (χ4n) is 1.89. The largest absolute Gasteiger partial charge is 0.465 e. The maximum Gasteiger partial charge on any atom is 0.348 e. The Balaban J connectivity index is 2.41. The number of ketones is 1. The summed E-state index contributed by atoms with van der Waals surface area (Å²) in [6, 6.07) is 3.87. The summed E-state index contributed by atoms with van der Waals surface area (Å²) in [5.41, 5.74) is -0.174. The van der Waals surface area contributed by atoms with Crippen molar-refractivity contribution in [1.82, 2.24) is 0 Å². The SMILES string of the molecule is COC(=O)c1sccc1C1(C#N)CC(=O)C1. The number of nitriles is 1. The minimum absolute atomic E-state index is 0.0589. The van der Waals surface area contributed by atoms with E-state index in [1.165, 1.54) is 18.4 Å². The van der Waals surface area contributed by atoms with Crippen molar-refractivity contribution in [2.24, 2.45) is 0 Å². The highest BCUT2D eigenvalue weighted by atomic mass is 32.1. The van der Waals surface area contributed by atoms with Crippen LogP contribution in [0.25, 0.3) is 0 Å². The Morgan fingerprint density at radius 1 is 1.62 bits per heavy atom. The van der Waals surface area contributed by atoms with Gasteiger partial charge < -0.3 is 4.74 Å². The number of carbonyl (C=O) groups is 2. The van der Waals surface area contributed by atoms with Gasteiger partial charge in [0.25, 0.3) is 0 Å². The van der Waals surface area contributed by atoms with E-state index >= 15 is 0 Å². The van der Waals surface area contributed by atoms with Crippen molar-refractivity contribution in [3.8, 4) is 6.07 Å². The fourth-order valence-corrected chi connectivity index (χ4v) is 2.80. The zero-order valence-corrected chi connectivity index (χ0v) is 9.47. The van der Waals surface area contributed by atoms with E-state index in [4.69, 9.17) is 5.26 Å². The van der Waals surface area contributed by atoms with Crippen LogP contribution in [0.3, 0.4) is 0 Å². The molecule has 1 saturated carbocycles. The number of nitrogens with zero attached hydrogens (tertiary/aromatic N) is 1. The Morgan fingerprint density at radius 2 is 2.31 bits per heavy atom. The molecule has 4 nitrogen and oxygen atoms in total. The molecule has 0 aliphatic heterocycles. The lowest BCUT2D eigenvalue weighted by Crippen LogP contribution is -2.41. The first-order valence-electron chi connectivity index (χ1n) is 4.72. The highest BCUT2D eigenvalue weighted by Crippen LogP contribution is 2.43. The first-order chi connectivity index (χ1) is 7.63. The van der Waals surface area contributed by atoms with Crippen LogP contribution in [0, 0.1) is 11.3 Å². The van der Waals surface area contributed by atoms with Crippen LogP contribution in [0.4, 0.5) is 0 Å². The number of esters is 1. The van der Waals surface area contributed by atoms with Crippen molar-refractivity contribution in [2.45, 2.75) is 18.3 Å². The van der Waals surface area contributed by atoms with Crippen LogP contribution in [-0.2, 0) is 14.9 Å². The average molecular weight is 235 g/mol. The predicted molar refractivity (Wildman–Crippen MR) is 57.2 cm³/mol. The van der Waals surface area contributed by atoms with Crippen LogP contribution in [0.5, 0.6) is 0 Å². The van der Waals surface area contributed by atoms with Gasteiger partial charge in [0, 0.05) is 12.8 Å². The molecule has 1 heterocycles. The highest BCUT2D eigenvalue weighted by Gasteiger charge is 2.47. The summed E-state index contributed by atoms with van der Waals surface area (Å²) in [6.45, 7) is 0. The fraction of sp³-hybridized carbons (Fsp3) is 0.364. The number of ether oxygens (including phenoxy) is 1. The third-order valence-corrected chi connectivity index (χ3v) is 3.66. The molecule has 0 spiro atoms. The first kappa shape index (κ1) is 10.8. The predicted octanol–water partition coefficient (Wildman–Crippen LogP) is 1.66. The molecule has 1 aliphatic carbocycles. The molecule has 0 aromatic carbocycles. The maximum atomic E-state index is 11.5. The van der Waals surface area contributed by atoms with Gasteiger partial charge in [0.1, 0.15) is 10.7 Å². The van der Waals surface area contributed by atoms with Crippen molar-refractivity contribution in [2.75, 3.05) is 7.11 Å². The lowest BCUT2D eigenvalue weighted by atomic mass is 9.65. The number of methoxy groups -OCH3 is 1. The first-order valence-corrected chi connectivity index (χ1v) is 5.60. The number of thiophene rings is 1. The van der Waals surface area contributed by atoms with E-state index in [1.54, 1.807) is 11.4 Å². The summed E-state index contributed by atoms with van der Waals surface area (Å²) < 4.78 is 4.65. The molecule has 1 aromatic rings. The van der Waals surface area contributed by atoms with Crippen LogP contribution >= 0.6 is 11.3 Å². The third kappa shape index (κ3) is 1.42. The number of rotatable bonds is 2. The van der Waals surface area contributed by atoms with Crippen molar-refractivity contribution < 1.29 is 14.3 Å². The monoisotopic (exact) mass is 235 g/mol. The molecule has 1 aliphatic rings. The van der Waals surface area contributed by atoms with E-state index in [1.807, 2.05) is 0 Å². The van der Waals surface area contributed by atoms with E-state index in [9.17, 15) is 9.59 Å². The smallest absolute Gasteiger partial charge is 0.348 e. The zero-order valence-electron chi connectivity index (χ0n) is 8.65. The summed E-state index contributed by atoms with van der Waals surface area (Å²) in [7, 11) is 1.30. The minimum atomic E-state index is -0.805. The van der Waals surface area contributed by atoms with E-state index in [0.29, 0.717) is 10.4 Å². The number of carbonyl (C=O) groups excluding carboxylic acids is 2. The second-order valence-electron chi connectivity index (χ2n) is 3.74. The van der Waals surface area contributed by atoms with Crippen molar-refractivity contribution >= 4 is 23.1 Å². The molecule has 0 atom stereocenters. The normalized spacial score (nSPS) is 17.4. The molecule has 1 fully saturated rings. The molecule has 1 aromatic heterocycles. The van der Waals surface area contributed by atoms with Crippen LogP contribution in [-0.4, -0.2) is 18.9 Å². The summed E-state index contributed by atoms with van der Waals surface area (Å²) >= 11 is 1.24. The molecule has 0 N–H and O–H groups in total. The van der Waals surface area contributed by atoms with Gasteiger partial charge in [-0.25, -0.2) is 4.79 Å². The van der Waals surface area contributed by atoms with E-state index in [2.05, 4.69) is 10.8 Å². The molecular weight excluding hydrogens is 226 g/mol. The molecule has 2 rings (SSSR count). The number of Topliss-reactive ketones (excluding diaryl/α,β-unsaturated/α-hetero) is 1. The summed E-state index contributed by atoms with van der Waals surface area (Å²) in [5.74, 6) is -0.387. The van der Waals surface area contributed by atoms with Gasteiger partial charge in [-0.2, -0.15) is 5.26 Å².